The fourth-order valence-electron chi connectivity index (χ4n) is 2.62. The molecule has 0 radical (unpaired) electrons. The molecule has 1 amide bonds. The highest BCUT2D eigenvalue weighted by atomic mass is 35.5. The Bertz CT molecular complexity index is 1010. The van der Waals surface area contributed by atoms with E-state index in [0.29, 0.717) is 33.1 Å². The van der Waals surface area contributed by atoms with Crippen molar-refractivity contribution < 1.29 is 18.7 Å². The number of amides is 1. The van der Waals surface area contributed by atoms with E-state index in [0.717, 1.165) is 0 Å². The Kier molecular flexibility index (Phi) is 6.11. The SMILES string of the molecule is COc1cc(NC(=O)c2cnc(SC)n2-c2ccc(F)cc2)c(OC)cc1Cl. The van der Waals surface area contributed by atoms with Crippen LogP contribution in [0.2, 0.25) is 5.02 Å². The summed E-state index contributed by atoms with van der Waals surface area (Å²) in [6.07, 6.45) is 3.31. The molecule has 6 nitrogen and oxygen atoms in total. The number of imidazole rings is 1. The van der Waals surface area contributed by atoms with Crippen molar-refractivity contribution in [1.29, 1.82) is 0 Å². The first-order valence-electron chi connectivity index (χ1n) is 8.09. The average Bonchev–Trinajstić information content (AvgIpc) is 3.13. The van der Waals surface area contributed by atoms with Gasteiger partial charge in [-0.1, -0.05) is 23.4 Å². The van der Waals surface area contributed by atoms with Gasteiger partial charge in [0.15, 0.2) is 5.16 Å². The van der Waals surface area contributed by atoms with E-state index >= 15 is 0 Å². The maximum Gasteiger partial charge on any atom is 0.274 e. The van der Waals surface area contributed by atoms with Gasteiger partial charge in [0.05, 0.1) is 31.1 Å². The average molecular weight is 422 g/mol. The second-order valence-electron chi connectivity index (χ2n) is 5.58. The highest BCUT2D eigenvalue weighted by Gasteiger charge is 2.20. The van der Waals surface area contributed by atoms with Gasteiger partial charge >= 0.3 is 0 Å². The first-order valence-corrected chi connectivity index (χ1v) is 9.69. The summed E-state index contributed by atoms with van der Waals surface area (Å²) in [7, 11) is 2.95. The first kappa shape index (κ1) is 20.0. The van der Waals surface area contributed by atoms with Gasteiger partial charge in [0.1, 0.15) is 23.0 Å². The number of carbonyl (C=O) groups is 1. The molecule has 0 bridgehead atoms. The zero-order valence-electron chi connectivity index (χ0n) is 15.3. The van der Waals surface area contributed by atoms with Crippen LogP contribution < -0.4 is 14.8 Å². The Labute approximate surface area is 170 Å². The van der Waals surface area contributed by atoms with Gasteiger partial charge in [0, 0.05) is 17.8 Å². The second kappa shape index (κ2) is 8.53. The number of rotatable bonds is 6. The van der Waals surface area contributed by atoms with Crippen LogP contribution in [0.25, 0.3) is 5.69 Å². The van der Waals surface area contributed by atoms with E-state index in [1.54, 1.807) is 28.8 Å². The number of nitrogens with one attached hydrogen (secondary N) is 1. The monoisotopic (exact) mass is 421 g/mol. The lowest BCUT2D eigenvalue weighted by molar-refractivity contribution is 0.101. The van der Waals surface area contributed by atoms with E-state index in [4.69, 9.17) is 21.1 Å². The zero-order chi connectivity index (χ0) is 20.3. The van der Waals surface area contributed by atoms with Gasteiger partial charge < -0.3 is 14.8 Å². The molecule has 28 heavy (non-hydrogen) atoms. The molecule has 3 rings (SSSR count). The molecule has 9 heteroatoms. The molecule has 1 heterocycles. The topological polar surface area (TPSA) is 65.4 Å². The maximum atomic E-state index is 13.3. The van der Waals surface area contributed by atoms with Crippen LogP contribution >= 0.6 is 23.4 Å². The Balaban J connectivity index is 2.00. The van der Waals surface area contributed by atoms with Crippen LogP contribution in [-0.2, 0) is 0 Å². The minimum atomic E-state index is -0.417. The molecule has 146 valence electrons. The predicted molar refractivity (Wildman–Crippen MR) is 108 cm³/mol. The van der Waals surface area contributed by atoms with E-state index in [1.165, 1.54) is 44.3 Å². The third-order valence-electron chi connectivity index (χ3n) is 3.95. The predicted octanol–water partition coefficient (Wildman–Crippen LogP) is 4.66. The molecular weight excluding hydrogens is 405 g/mol. The van der Waals surface area contributed by atoms with Crippen molar-refractivity contribution in [3.63, 3.8) is 0 Å². The molecule has 0 aliphatic carbocycles. The lowest BCUT2D eigenvalue weighted by Gasteiger charge is -2.14. The number of benzene rings is 2. The molecule has 0 fully saturated rings. The van der Waals surface area contributed by atoms with Gasteiger partial charge in [0.25, 0.3) is 5.91 Å². The van der Waals surface area contributed by atoms with E-state index in [2.05, 4.69) is 10.3 Å². The molecule has 1 N–H and O–H groups in total. The van der Waals surface area contributed by atoms with Crippen LogP contribution in [-0.4, -0.2) is 35.9 Å². The Hall–Kier alpha value is -2.71. The first-order chi connectivity index (χ1) is 13.5. The molecule has 0 saturated heterocycles. The number of nitrogens with zero attached hydrogens (tertiary/aromatic N) is 2. The zero-order valence-corrected chi connectivity index (χ0v) is 16.9. The van der Waals surface area contributed by atoms with Crippen molar-refractivity contribution in [2.45, 2.75) is 5.16 Å². The van der Waals surface area contributed by atoms with Crippen LogP contribution in [0.4, 0.5) is 10.1 Å². The van der Waals surface area contributed by atoms with Gasteiger partial charge in [-0.2, -0.15) is 0 Å². The van der Waals surface area contributed by atoms with Crippen LogP contribution in [0.3, 0.4) is 0 Å². The second-order valence-corrected chi connectivity index (χ2v) is 6.76. The number of methoxy groups -OCH3 is 2. The van der Waals surface area contributed by atoms with Gasteiger partial charge in [-0.05, 0) is 30.5 Å². The number of hydrogen-bond acceptors (Lipinski definition) is 5. The Morgan fingerprint density at radius 1 is 1.18 bits per heavy atom. The molecule has 0 saturated carbocycles. The van der Waals surface area contributed by atoms with Crippen LogP contribution in [0.15, 0.2) is 47.8 Å². The summed E-state index contributed by atoms with van der Waals surface area (Å²) in [5.74, 6) is 0.00469. The van der Waals surface area contributed by atoms with E-state index in [-0.39, 0.29) is 11.5 Å². The maximum absolute atomic E-state index is 13.3. The van der Waals surface area contributed by atoms with Gasteiger partial charge in [-0.15, -0.1) is 0 Å². The summed E-state index contributed by atoms with van der Waals surface area (Å²) < 4.78 is 25.4. The van der Waals surface area contributed by atoms with E-state index in [1.807, 2.05) is 6.26 Å². The number of anilines is 1. The normalized spacial score (nSPS) is 10.6. The lowest BCUT2D eigenvalue weighted by Crippen LogP contribution is -2.17. The van der Waals surface area contributed by atoms with Crippen LogP contribution in [0, 0.1) is 5.82 Å². The molecule has 1 aromatic heterocycles. The molecule has 0 aliphatic rings. The summed E-state index contributed by atoms with van der Waals surface area (Å²) in [5, 5.41) is 3.75. The third-order valence-corrected chi connectivity index (χ3v) is 4.90. The van der Waals surface area contributed by atoms with E-state index in [9.17, 15) is 9.18 Å². The van der Waals surface area contributed by atoms with Crippen molar-refractivity contribution >= 4 is 35.0 Å². The standard InChI is InChI=1S/C19H17ClFN3O3S/c1-26-16-9-14(17(27-2)8-13(16)20)23-18(25)15-10-22-19(28-3)24(15)12-6-4-11(21)5-7-12/h4-10H,1-3H3,(H,23,25). The van der Waals surface area contributed by atoms with Crippen molar-refractivity contribution in [3.8, 4) is 17.2 Å². The fraction of sp³-hybridized carbons (Fsp3) is 0.158. The van der Waals surface area contributed by atoms with E-state index < -0.39 is 5.91 Å². The van der Waals surface area contributed by atoms with Crippen molar-refractivity contribution in [2.24, 2.45) is 0 Å². The van der Waals surface area contributed by atoms with Crippen LogP contribution in [0.5, 0.6) is 11.5 Å². The van der Waals surface area contributed by atoms with Gasteiger partial charge in [0.2, 0.25) is 0 Å². The number of aromatic nitrogens is 2. The largest absolute Gasteiger partial charge is 0.495 e. The molecule has 0 spiro atoms. The summed E-state index contributed by atoms with van der Waals surface area (Å²) in [4.78, 5) is 17.3. The third kappa shape index (κ3) is 3.93. The molecule has 2 aromatic carbocycles. The quantitative estimate of drug-likeness (QED) is 0.586. The highest BCUT2D eigenvalue weighted by molar-refractivity contribution is 7.98. The van der Waals surface area contributed by atoms with Crippen LogP contribution in [0.1, 0.15) is 10.5 Å². The smallest absolute Gasteiger partial charge is 0.274 e. The summed E-state index contributed by atoms with van der Waals surface area (Å²) in [6.45, 7) is 0. The number of ether oxygens (including phenoxy) is 2. The van der Waals surface area contributed by atoms with Gasteiger partial charge in [-0.3, -0.25) is 9.36 Å². The number of halogens is 2. The van der Waals surface area contributed by atoms with Crippen molar-refractivity contribution in [3.05, 3.63) is 59.1 Å². The van der Waals surface area contributed by atoms with Crippen molar-refractivity contribution in [2.75, 3.05) is 25.8 Å². The summed E-state index contributed by atoms with van der Waals surface area (Å²) >= 11 is 7.48. The number of hydrogen-bond donors (Lipinski definition) is 1. The molecule has 0 atom stereocenters. The molecular formula is C19H17ClFN3O3S. The highest BCUT2D eigenvalue weighted by Crippen LogP contribution is 2.36. The minimum absolute atomic E-state index is 0.284. The molecule has 3 aromatic rings. The number of thioether (sulfide) groups is 1. The summed E-state index contributed by atoms with van der Waals surface area (Å²) in [6, 6.07) is 8.95. The molecule has 0 aliphatic heterocycles. The Morgan fingerprint density at radius 3 is 2.46 bits per heavy atom. The lowest BCUT2D eigenvalue weighted by atomic mass is 10.2. The summed E-state index contributed by atoms with van der Waals surface area (Å²) in [5.41, 5.74) is 1.30. The van der Waals surface area contributed by atoms with Crippen molar-refractivity contribution in [1.82, 2.24) is 9.55 Å². The Morgan fingerprint density at radius 2 is 1.86 bits per heavy atom. The minimum Gasteiger partial charge on any atom is -0.495 e. The van der Waals surface area contributed by atoms with Gasteiger partial charge in [-0.25, -0.2) is 9.37 Å². The number of carbonyl (C=O) groups excluding carboxylic acids is 1. The fourth-order valence-corrected chi connectivity index (χ4v) is 3.40. The molecule has 0 unspecified atom stereocenters.